The second-order valence-electron chi connectivity index (χ2n) is 5.32. The fourth-order valence-electron chi connectivity index (χ4n) is 2.89. The third-order valence-electron chi connectivity index (χ3n) is 4.08. The molecular weight excluding hydrogens is 294 g/mol. The van der Waals surface area contributed by atoms with Crippen LogP contribution in [0, 0.1) is 11.6 Å². The summed E-state index contributed by atoms with van der Waals surface area (Å²) in [6.45, 7) is 2.52. The normalized spacial score (nSPS) is 21.3. The summed E-state index contributed by atoms with van der Waals surface area (Å²) in [6, 6.07) is 4.06. The van der Waals surface area contributed by atoms with E-state index in [2.05, 4.69) is 4.98 Å². The number of hydrogen-bond acceptors (Lipinski definition) is 4. The Kier molecular flexibility index (Phi) is 3.56. The second-order valence-corrected chi connectivity index (χ2v) is 5.32. The molecule has 5 nitrogen and oxygen atoms in total. The van der Waals surface area contributed by atoms with Gasteiger partial charge in [0.05, 0.1) is 0 Å². The first-order valence-corrected chi connectivity index (χ1v) is 6.88. The quantitative estimate of drug-likeness (QED) is 0.944. The van der Waals surface area contributed by atoms with E-state index in [1.165, 1.54) is 6.07 Å². The molecule has 7 heteroatoms. The molecule has 0 radical (unpaired) electrons. The van der Waals surface area contributed by atoms with Gasteiger partial charge in [0, 0.05) is 18.5 Å². The maximum Gasteiger partial charge on any atom is 0.357 e. The zero-order valence-corrected chi connectivity index (χ0v) is 11.8. The highest BCUT2D eigenvalue weighted by Gasteiger charge is 2.35. The number of halogens is 2. The highest BCUT2D eigenvalue weighted by Crippen LogP contribution is 2.36. The molecule has 3 rings (SSSR count). The number of hydrogen-bond donors (Lipinski definition) is 1. The van der Waals surface area contributed by atoms with Crippen LogP contribution in [0.1, 0.15) is 35.3 Å². The molecule has 0 saturated carbocycles. The Hall–Kier alpha value is -2.44. The Balaban J connectivity index is 1.83. The minimum Gasteiger partial charge on any atom is -0.476 e. The number of anilines is 1. The van der Waals surface area contributed by atoms with E-state index < -0.39 is 17.6 Å². The Labute approximate surface area is 125 Å². The molecule has 1 aliphatic rings. The Morgan fingerprint density at radius 2 is 2.18 bits per heavy atom. The maximum absolute atomic E-state index is 13.4. The first-order chi connectivity index (χ1) is 10.5. The smallest absolute Gasteiger partial charge is 0.357 e. The molecule has 1 N–H and O–H groups in total. The van der Waals surface area contributed by atoms with Gasteiger partial charge in [0.25, 0.3) is 6.01 Å². The average Bonchev–Trinajstić information content (AvgIpc) is 3.08. The lowest BCUT2D eigenvalue weighted by atomic mass is 9.92. The van der Waals surface area contributed by atoms with Gasteiger partial charge >= 0.3 is 5.97 Å². The Bertz CT molecular complexity index is 717. The molecule has 2 aromatic rings. The molecule has 1 aromatic heterocycles. The van der Waals surface area contributed by atoms with Crippen LogP contribution in [0.25, 0.3) is 0 Å². The molecule has 116 valence electrons. The third-order valence-corrected chi connectivity index (χ3v) is 4.08. The van der Waals surface area contributed by atoms with Crippen LogP contribution >= 0.6 is 0 Å². The standard InChI is InChI=1S/C15H14F2N2O3/c1-8-10(9-2-3-11(16)12(17)6-9)4-5-19(8)15-18-13(7-22-15)14(20)21/h2-3,6-8,10H,4-5H2,1H3,(H,20,21). The molecule has 22 heavy (non-hydrogen) atoms. The predicted octanol–water partition coefficient (Wildman–Crippen LogP) is 3.03. The Morgan fingerprint density at radius 1 is 1.41 bits per heavy atom. The minimum atomic E-state index is -1.15. The highest BCUT2D eigenvalue weighted by atomic mass is 19.2. The van der Waals surface area contributed by atoms with Gasteiger partial charge in [-0.1, -0.05) is 6.07 Å². The van der Waals surface area contributed by atoms with Crippen molar-refractivity contribution >= 4 is 12.0 Å². The van der Waals surface area contributed by atoms with Crippen LogP contribution in [0.4, 0.5) is 14.8 Å². The molecule has 0 aliphatic carbocycles. The monoisotopic (exact) mass is 308 g/mol. The molecule has 2 atom stereocenters. The van der Waals surface area contributed by atoms with E-state index in [1.54, 1.807) is 6.07 Å². The van der Waals surface area contributed by atoms with Crippen LogP contribution in [-0.4, -0.2) is 28.6 Å². The summed E-state index contributed by atoms with van der Waals surface area (Å²) >= 11 is 0. The highest BCUT2D eigenvalue weighted by molar-refractivity contribution is 5.85. The third kappa shape index (κ3) is 2.43. The summed E-state index contributed by atoms with van der Waals surface area (Å²) in [5.74, 6) is -2.90. The fraction of sp³-hybridized carbons (Fsp3) is 0.333. The number of aromatic carboxylic acids is 1. The molecule has 2 heterocycles. The molecule has 1 aliphatic heterocycles. The van der Waals surface area contributed by atoms with Crippen molar-refractivity contribution in [3.05, 3.63) is 47.4 Å². The zero-order valence-electron chi connectivity index (χ0n) is 11.8. The van der Waals surface area contributed by atoms with Crippen molar-refractivity contribution < 1.29 is 23.1 Å². The molecule has 0 spiro atoms. The summed E-state index contributed by atoms with van der Waals surface area (Å²) in [5, 5.41) is 8.88. The first kappa shape index (κ1) is 14.5. The van der Waals surface area contributed by atoms with E-state index in [1.807, 2.05) is 11.8 Å². The predicted molar refractivity (Wildman–Crippen MR) is 74.0 cm³/mol. The van der Waals surface area contributed by atoms with E-state index in [0.717, 1.165) is 18.8 Å². The SMILES string of the molecule is CC1C(c2ccc(F)c(F)c2)CCN1c1nc(C(=O)O)co1. The fourth-order valence-corrected chi connectivity index (χ4v) is 2.89. The van der Waals surface area contributed by atoms with Crippen molar-refractivity contribution in [2.45, 2.75) is 25.3 Å². The molecule has 0 bridgehead atoms. The Morgan fingerprint density at radius 3 is 2.82 bits per heavy atom. The van der Waals surface area contributed by atoms with Gasteiger partial charge in [0.2, 0.25) is 0 Å². The summed E-state index contributed by atoms with van der Waals surface area (Å²) in [5.41, 5.74) is 0.553. The van der Waals surface area contributed by atoms with Crippen LogP contribution in [0.2, 0.25) is 0 Å². The van der Waals surface area contributed by atoms with Crippen LogP contribution in [-0.2, 0) is 0 Å². The van der Waals surface area contributed by atoms with Gasteiger partial charge in [0.1, 0.15) is 6.26 Å². The topological polar surface area (TPSA) is 66.6 Å². The van der Waals surface area contributed by atoms with Gasteiger partial charge in [-0.25, -0.2) is 13.6 Å². The number of carboxylic acid groups (broad SMARTS) is 1. The van der Waals surface area contributed by atoms with Gasteiger partial charge < -0.3 is 14.4 Å². The van der Waals surface area contributed by atoms with Crippen molar-refractivity contribution in [3.63, 3.8) is 0 Å². The van der Waals surface area contributed by atoms with Crippen molar-refractivity contribution in [2.24, 2.45) is 0 Å². The van der Waals surface area contributed by atoms with E-state index in [4.69, 9.17) is 9.52 Å². The zero-order chi connectivity index (χ0) is 15.9. The van der Waals surface area contributed by atoms with Crippen LogP contribution in [0.5, 0.6) is 0 Å². The second kappa shape index (κ2) is 5.40. The number of oxazole rings is 1. The van der Waals surface area contributed by atoms with E-state index in [9.17, 15) is 13.6 Å². The average molecular weight is 308 g/mol. The maximum atomic E-state index is 13.4. The lowest BCUT2D eigenvalue weighted by Gasteiger charge is -2.23. The minimum absolute atomic E-state index is 0.00437. The molecule has 1 saturated heterocycles. The van der Waals surface area contributed by atoms with Gasteiger partial charge in [-0.05, 0) is 31.0 Å². The van der Waals surface area contributed by atoms with Crippen LogP contribution in [0.3, 0.4) is 0 Å². The number of rotatable bonds is 3. The molecule has 1 aromatic carbocycles. The van der Waals surface area contributed by atoms with Crippen molar-refractivity contribution in [1.82, 2.24) is 4.98 Å². The van der Waals surface area contributed by atoms with E-state index in [-0.39, 0.29) is 23.7 Å². The number of aromatic nitrogens is 1. The summed E-state index contributed by atoms with van der Waals surface area (Å²) in [7, 11) is 0. The first-order valence-electron chi connectivity index (χ1n) is 6.88. The van der Waals surface area contributed by atoms with Crippen LogP contribution < -0.4 is 4.90 Å². The van der Waals surface area contributed by atoms with Crippen molar-refractivity contribution in [1.29, 1.82) is 0 Å². The summed E-state index contributed by atoms with van der Waals surface area (Å²) in [4.78, 5) is 16.6. The van der Waals surface area contributed by atoms with Crippen molar-refractivity contribution in [2.75, 3.05) is 11.4 Å². The number of carbonyl (C=O) groups is 1. The van der Waals surface area contributed by atoms with Crippen molar-refractivity contribution in [3.8, 4) is 0 Å². The number of nitrogens with zero attached hydrogens (tertiary/aromatic N) is 2. The lowest BCUT2D eigenvalue weighted by Crippen LogP contribution is -2.29. The van der Waals surface area contributed by atoms with Gasteiger partial charge in [-0.2, -0.15) is 4.98 Å². The number of carboxylic acids is 1. The van der Waals surface area contributed by atoms with Crippen LogP contribution in [0.15, 0.2) is 28.9 Å². The largest absolute Gasteiger partial charge is 0.476 e. The van der Waals surface area contributed by atoms with E-state index in [0.29, 0.717) is 12.1 Å². The molecule has 1 fully saturated rings. The number of benzene rings is 1. The molecular formula is C15H14F2N2O3. The van der Waals surface area contributed by atoms with Gasteiger partial charge in [-0.15, -0.1) is 0 Å². The summed E-state index contributed by atoms with van der Waals surface area (Å²) in [6.07, 6.45) is 1.81. The van der Waals surface area contributed by atoms with E-state index >= 15 is 0 Å². The molecule has 0 amide bonds. The summed E-state index contributed by atoms with van der Waals surface area (Å²) < 4.78 is 31.6. The molecule has 2 unspecified atom stereocenters. The van der Waals surface area contributed by atoms with Gasteiger partial charge in [0.15, 0.2) is 17.3 Å². The van der Waals surface area contributed by atoms with Gasteiger partial charge in [-0.3, -0.25) is 0 Å². The lowest BCUT2D eigenvalue weighted by molar-refractivity contribution is 0.0690.